The molecular formula is C13H11Br2FN2. The maximum Gasteiger partial charge on any atom is 0.142 e. The fourth-order valence-electron chi connectivity index (χ4n) is 1.83. The quantitative estimate of drug-likeness (QED) is 0.877. The first-order valence-electron chi connectivity index (χ1n) is 5.35. The summed E-state index contributed by atoms with van der Waals surface area (Å²) in [6.45, 7) is 0. The maximum absolute atomic E-state index is 14.1. The third-order valence-corrected chi connectivity index (χ3v) is 3.69. The Morgan fingerprint density at radius 1 is 1.28 bits per heavy atom. The summed E-state index contributed by atoms with van der Waals surface area (Å²) in [5.41, 5.74) is 1.50. The van der Waals surface area contributed by atoms with Crippen molar-refractivity contribution < 1.29 is 4.39 Å². The van der Waals surface area contributed by atoms with Crippen LogP contribution in [0.3, 0.4) is 0 Å². The Labute approximate surface area is 122 Å². The van der Waals surface area contributed by atoms with Gasteiger partial charge in [-0.1, -0.05) is 12.1 Å². The van der Waals surface area contributed by atoms with Gasteiger partial charge in [0.2, 0.25) is 0 Å². The largest absolute Gasteiger partial charge is 0.309 e. The molecule has 0 bridgehead atoms. The highest BCUT2D eigenvalue weighted by Gasteiger charge is 2.18. The third kappa shape index (κ3) is 2.79. The van der Waals surface area contributed by atoms with Gasteiger partial charge in [-0.05, 0) is 56.6 Å². The maximum atomic E-state index is 14.1. The lowest BCUT2D eigenvalue weighted by Gasteiger charge is -2.18. The van der Waals surface area contributed by atoms with Crippen LogP contribution >= 0.6 is 31.9 Å². The number of benzene rings is 1. The second-order valence-corrected chi connectivity index (χ2v) is 5.57. The third-order valence-electron chi connectivity index (χ3n) is 2.64. The van der Waals surface area contributed by atoms with E-state index in [1.807, 2.05) is 12.1 Å². The second-order valence-electron chi connectivity index (χ2n) is 3.80. The molecule has 0 saturated heterocycles. The molecule has 1 atom stereocenters. The fourth-order valence-corrected chi connectivity index (χ4v) is 2.60. The van der Waals surface area contributed by atoms with E-state index in [0.717, 1.165) is 10.0 Å². The van der Waals surface area contributed by atoms with Crippen LogP contribution < -0.4 is 5.32 Å². The molecule has 1 unspecified atom stereocenters. The van der Waals surface area contributed by atoms with E-state index < -0.39 is 0 Å². The highest BCUT2D eigenvalue weighted by molar-refractivity contribution is 9.10. The van der Waals surface area contributed by atoms with E-state index in [4.69, 9.17) is 0 Å². The van der Waals surface area contributed by atoms with Crippen molar-refractivity contribution in [1.29, 1.82) is 0 Å². The van der Waals surface area contributed by atoms with Gasteiger partial charge in [0.1, 0.15) is 5.82 Å². The predicted octanol–water partition coefficient (Wildman–Crippen LogP) is 4.05. The summed E-state index contributed by atoms with van der Waals surface area (Å²) < 4.78 is 15.4. The minimum Gasteiger partial charge on any atom is -0.309 e. The van der Waals surface area contributed by atoms with E-state index in [9.17, 15) is 4.39 Å². The second kappa shape index (κ2) is 5.91. The molecule has 0 spiro atoms. The van der Waals surface area contributed by atoms with Gasteiger partial charge >= 0.3 is 0 Å². The lowest BCUT2D eigenvalue weighted by Crippen LogP contribution is -2.19. The summed E-state index contributed by atoms with van der Waals surface area (Å²) in [7, 11) is 1.80. The van der Waals surface area contributed by atoms with E-state index in [1.54, 1.807) is 31.6 Å². The molecule has 5 heteroatoms. The van der Waals surface area contributed by atoms with E-state index >= 15 is 0 Å². The van der Waals surface area contributed by atoms with Crippen molar-refractivity contribution in [3.05, 3.63) is 62.5 Å². The molecule has 0 radical (unpaired) electrons. The van der Waals surface area contributed by atoms with Crippen LogP contribution in [0, 0.1) is 5.82 Å². The summed E-state index contributed by atoms with van der Waals surface area (Å²) in [6.07, 6.45) is 3.43. The van der Waals surface area contributed by atoms with Crippen molar-refractivity contribution in [1.82, 2.24) is 10.3 Å². The van der Waals surface area contributed by atoms with Gasteiger partial charge in [-0.3, -0.25) is 4.98 Å². The van der Waals surface area contributed by atoms with E-state index in [1.165, 1.54) is 0 Å². The monoisotopic (exact) mass is 372 g/mol. The molecule has 2 rings (SSSR count). The number of hydrogen-bond acceptors (Lipinski definition) is 2. The first-order chi connectivity index (χ1) is 8.63. The molecule has 0 aliphatic rings. The van der Waals surface area contributed by atoms with Gasteiger partial charge in [-0.2, -0.15) is 0 Å². The molecule has 0 aliphatic heterocycles. The molecule has 1 heterocycles. The smallest absolute Gasteiger partial charge is 0.142 e. The number of halogens is 3. The van der Waals surface area contributed by atoms with Crippen molar-refractivity contribution in [2.75, 3.05) is 7.05 Å². The normalized spacial score (nSPS) is 12.4. The molecule has 0 fully saturated rings. The van der Waals surface area contributed by atoms with Crippen LogP contribution in [0.4, 0.5) is 4.39 Å². The van der Waals surface area contributed by atoms with Gasteiger partial charge in [-0.15, -0.1) is 0 Å². The molecule has 94 valence electrons. The molecule has 1 aromatic carbocycles. The Bertz CT molecular complexity index is 560. The average Bonchev–Trinajstić information content (AvgIpc) is 2.35. The summed E-state index contributed by atoms with van der Waals surface area (Å²) >= 11 is 6.57. The minimum atomic E-state index is -0.253. The van der Waals surface area contributed by atoms with Crippen LogP contribution in [0.2, 0.25) is 0 Å². The Morgan fingerprint density at radius 2 is 2.06 bits per heavy atom. The zero-order valence-electron chi connectivity index (χ0n) is 9.62. The predicted molar refractivity (Wildman–Crippen MR) is 76.9 cm³/mol. The summed E-state index contributed by atoms with van der Waals surface area (Å²) in [5.74, 6) is -0.253. The fraction of sp³-hybridized carbons (Fsp3) is 0.154. The number of hydrogen-bond donors (Lipinski definition) is 1. The van der Waals surface area contributed by atoms with Crippen LogP contribution in [0.25, 0.3) is 0 Å². The molecule has 0 saturated carbocycles. The molecule has 2 nitrogen and oxygen atoms in total. The standard InChI is InChI=1S/C13H11Br2FN2/c1-17-13(8-5-9(14)7-18-6-8)10-3-2-4-11(15)12(10)16/h2-7,13,17H,1H3. The lowest BCUT2D eigenvalue weighted by molar-refractivity contribution is 0.570. The topological polar surface area (TPSA) is 24.9 Å². The van der Waals surface area contributed by atoms with Crippen LogP contribution in [-0.2, 0) is 0 Å². The van der Waals surface area contributed by atoms with Gasteiger partial charge < -0.3 is 5.32 Å². The van der Waals surface area contributed by atoms with Crippen LogP contribution in [0.15, 0.2) is 45.6 Å². The van der Waals surface area contributed by atoms with Crippen molar-refractivity contribution in [3.8, 4) is 0 Å². The van der Waals surface area contributed by atoms with Crippen LogP contribution in [0.1, 0.15) is 17.2 Å². The highest BCUT2D eigenvalue weighted by Crippen LogP contribution is 2.28. The summed E-state index contributed by atoms with van der Waals surface area (Å²) in [6, 6.07) is 6.96. The number of nitrogens with zero attached hydrogens (tertiary/aromatic N) is 1. The van der Waals surface area contributed by atoms with E-state index in [0.29, 0.717) is 10.0 Å². The van der Waals surface area contributed by atoms with Crippen molar-refractivity contribution in [2.45, 2.75) is 6.04 Å². The first-order valence-corrected chi connectivity index (χ1v) is 6.93. The van der Waals surface area contributed by atoms with Crippen molar-refractivity contribution in [2.24, 2.45) is 0 Å². The molecule has 0 aliphatic carbocycles. The Kier molecular flexibility index (Phi) is 4.48. The van der Waals surface area contributed by atoms with Crippen molar-refractivity contribution in [3.63, 3.8) is 0 Å². The molecule has 1 aromatic heterocycles. The minimum absolute atomic E-state index is 0.229. The van der Waals surface area contributed by atoms with E-state index in [2.05, 4.69) is 42.2 Å². The number of rotatable bonds is 3. The molecular weight excluding hydrogens is 363 g/mol. The molecule has 2 aromatic rings. The van der Waals surface area contributed by atoms with Gasteiger partial charge in [0.25, 0.3) is 0 Å². The summed E-state index contributed by atoms with van der Waals surface area (Å²) in [4.78, 5) is 4.11. The van der Waals surface area contributed by atoms with Gasteiger partial charge in [0.15, 0.2) is 0 Å². The van der Waals surface area contributed by atoms with Crippen LogP contribution in [-0.4, -0.2) is 12.0 Å². The SMILES string of the molecule is CNC(c1cncc(Br)c1)c1cccc(Br)c1F. The van der Waals surface area contributed by atoms with Gasteiger partial charge in [-0.25, -0.2) is 4.39 Å². The number of nitrogens with one attached hydrogen (secondary N) is 1. The van der Waals surface area contributed by atoms with Crippen molar-refractivity contribution >= 4 is 31.9 Å². The zero-order valence-corrected chi connectivity index (χ0v) is 12.8. The first kappa shape index (κ1) is 13.6. The molecule has 18 heavy (non-hydrogen) atoms. The Morgan fingerprint density at radius 3 is 2.72 bits per heavy atom. The van der Waals surface area contributed by atoms with E-state index in [-0.39, 0.29) is 11.9 Å². The summed E-state index contributed by atoms with van der Waals surface area (Å²) in [5, 5.41) is 3.11. The Hall–Kier alpha value is -0.780. The van der Waals surface area contributed by atoms with Gasteiger partial charge in [0, 0.05) is 22.4 Å². The Balaban J connectivity index is 2.49. The number of aromatic nitrogens is 1. The molecule has 0 amide bonds. The molecule has 1 N–H and O–H groups in total. The lowest BCUT2D eigenvalue weighted by atomic mass is 10.00. The highest BCUT2D eigenvalue weighted by atomic mass is 79.9. The zero-order chi connectivity index (χ0) is 13.1. The average molecular weight is 374 g/mol. The van der Waals surface area contributed by atoms with Gasteiger partial charge in [0.05, 0.1) is 10.5 Å². The van der Waals surface area contributed by atoms with Crippen LogP contribution in [0.5, 0.6) is 0 Å². The number of pyridine rings is 1.